The molecule has 0 fully saturated rings. The third-order valence-electron chi connectivity index (χ3n) is 2.95. The number of nitrogens with two attached hydrogens (primary N) is 1. The Kier molecular flexibility index (Phi) is 6.03. The minimum absolute atomic E-state index is 0.0522. The van der Waals surface area contributed by atoms with Gasteiger partial charge in [0.05, 0.1) is 9.79 Å². The third-order valence-corrected chi connectivity index (χ3v) is 5.27. The second-order valence-corrected chi connectivity index (χ2v) is 8.41. The van der Waals surface area contributed by atoms with Gasteiger partial charge in [-0.15, -0.1) is 0 Å². The zero-order chi connectivity index (χ0) is 17.8. The summed E-state index contributed by atoms with van der Waals surface area (Å²) >= 11 is 0. The summed E-state index contributed by atoms with van der Waals surface area (Å²) in [6, 6.07) is 4.09. The molecule has 0 saturated heterocycles. The number of sulfonamides is 2. The normalized spacial score (nSPS) is 12.2. The molecule has 1 amide bonds. The summed E-state index contributed by atoms with van der Waals surface area (Å²) in [7, 11) is -8.07. The zero-order valence-electron chi connectivity index (χ0n) is 12.6. The van der Waals surface area contributed by atoms with E-state index < -0.39 is 26.0 Å². The number of primary sulfonamides is 1. The van der Waals surface area contributed by atoms with Gasteiger partial charge in [0.25, 0.3) is 10.0 Å². The van der Waals surface area contributed by atoms with Crippen LogP contribution in [-0.2, 0) is 29.6 Å². The third kappa shape index (κ3) is 5.73. The molecule has 0 radical (unpaired) electrons. The molecule has 128 valence electrons. The van der Waals surface area contributed by atoms with Crippen LogP contribution in [-0.4, -0.2) is 28.5 Å². The van der Waals surface area contributed by atoms with Gasteiger partial charge in [0.1, 0.15) is 5.78 Å². The van der Waals surface area contributed by atoms with E-state index in [2.05, 4.69) is 0 Å². The monoisotopic (exact) mass is 362 g/mol. The van der Waals surface area contributed by atoms with E-state index in [4.69, 9.17) is 5.14 Å². The fourth-order valence-corrected chi connectivity index (χ4v) is 3.12. The predicted molar refractivity (Wildman–Crippen MR) is 82.2 cm³/mol. The molecule has 23 heavy (non-hydrogen) atoms. The summed E-state index contributed by atoms with van der Waals surface area (Å²) in [5.41, 5.74) is 0. The van der Waals surface area contributed by atoms with Crippen molar-refractivity contribution in [3.8, 4) is 0 Å². The lowest BCUT2D eigenvalue weighted by molar-refractivity contribution is -0.126. The first kappa shape index (κ1) is 19.3. The average molecular weight is 362 g/mol. The van der Waals surface area contributed by atoms with Crippen LogP contribution in [0.1, 0.15) is 26.7 Å². The van der Waals surface area contributed by atoms with Crippen molar-refractivity contribution in [1.82, 2.24) is 4.72 Å². The molecule has 10 heteroatoms. The number of hydrogen-bond acceptors (Lipinski definition) is 6. The van der Waals surface area contributed by atoms with E-state index in [-0.39, 0.29) is 34.3 Å². The van der Waals surface area contributed by atoms with Gasteiger partial charge in [0, 0.05) is 18.8 Å². The van der Waals surface area contributed by atoms with Crippen molar-refractivity contribution < 1.29 is 26.4 Å². The highest BCUT2D eigenvalue weighted by Gasteiger charge is 2.19. The van der Waals surface area contributed by atoms with Gasteiger partial charge < -0.3 is 0 Å². The lowest BCUT2D eigenvalue weighted by atomic mass is 10.0. The molecule has 1 aromatic carbocycles. The maximum Gasteiger partial charge on any atom is 0.264 e. The highest BCUT2D eigenvalue weighted by molar-refractivity contribution is 7.90. The van der Waals surface area contributed by atoms with Crippen LogP contribution in [0.15, 0.2) is 34.1 Å². The van der Waals surface area contributed by atoms with Crippen molar-refractivity contribution in [2.75, 3.05) is 0 Å². The summed E-state index contributed by atoms with van der Waals surface area (Å²) in [5.74, 6) is -1.19. The maximum absolute atomic E-state index is 12.0. The molecule has 0 bridgehead atoms. The van der Waals surface area contributed by atoms with Gasteiger partial charge in [-0.3, -0.25) is 9.59 Å². The van der Waals surface area contributed by atoms with Crippen molar-refractivity contribution in [3.63, 3.8) is 0 Å². The lowest BCUT2D eigenvalue weighted by Crippen LogP contribution is -2.31. The highest BCUT2D eigenvalue weighted by atomic mass is 32.2. The van der Waals surface area contributed by atoms with Crippen LogP contribution in [0.5, 0.6) is 0 Å². The molecule has 1 aromatic rings. The molecule has 1 rings (SSSR count). The molecule has 0 unspecified atom stereocenters. The molecule has 8 nitrogen and oxygen atoms in total. The Balaban J connectivity index is 2.80. The van der Waals surface area contributed by atoms with E-state index in [0.29, 0.717) is 0 Å². The Morgan fingerprint density at radius 3 is 1.91 bits per heavy atom. The van der Waals surface area contributed by atoms with Crippen LogP contribution in [0, 0.1) is 5.92 Å². The molecule has 0 aromatic heterocycles. The Morgan fingerprint density at radius 2 is 1.48 bits per heavy atom. The fraction of sp³-hybridized carbons (Fsp3) is 0.385. The van der Waals surface area contributed by atoms with E-state index in [0.717, 1.165) is 24.3 Å². The Bertz CT molecular complexity index is 795. The van der Waals surface area contributed by atoms with Gasteiger partial charge in [-0.05, 0) is 24.3 Å². The second-order valence-electron chi connectivity index (χ2n) is 5.17. The first-order chi connectivity index (χ1) is 10.4. The molecule has 0 spiro atoms. The second kappa shape index (κ2) is 7.20. The van der Waals surface area contributed by atoms with Crippen molar-refractivity contribution in [2.45, 2.75) is 36.5 Å². The van der Waals surface area contributed by atoms with Crippen LogP contribution in [0.3, 0.4) is 0 Å². The first-order valence-electron chi connectivity index (χ1n) is 6.64. The molecule has 0 heterocycles. The number of amides is 1. The largest absolute Gasteiger partial charge is 0.299 e. The van der Waals surface area contributed by atoms with E-state index in [1.165, 1.54) is 0 Å². The molecule has 0 saturated carbocycles. The van der Waals surface area contributed by atoms with Gasteiger partial charge in [-0.1, -0.05) is 13.8 Å². The predicted octanol–water partition coefficient (Wildman–Crippen LogP) is 0.144. The summed E-state index contributed by atoms with van der Waals surface area (Å²) in [5, 5.41) is 4.91. The van der Waals surface area contributed by atoms with E-state index >= 15 is 0 Å². The molecule has 0 aliphatic carbocycles. The van der Waals surface area contributed by atoms with Crippen molar-refractivity contribution in [2.24, 2.45) is 11.1 Å². The standard InChI is InChI=1S/C13H18N2O6S2/c1-9(2)12(16)7-8-13(17)15-23(20,21)11-5-3-10(4-6-11)22(14,18)19/h3-6,9H,7-8H2,1-2H3,(H,15,17)(H2,14,18,19). The van der Waals surface area contributed by atoms with Crippen molar-refractivity contribution in [1.29, 1.82) is 0 Å². The van der Waals surface area contributed by atoms with Crippen LogP contribution in [0.4, 0.5) is 0 Å². The van der Waals surface area contributed by atoms with Gasteiger partial charge in [-0.25, -0.2) is 26.7 Å². The number of carbonyl (C=O) groups excluding carboxylic acids is 2. The molecular formula is C13H18N2O6S2. The fourth-order valence-electron chi connectivity index (χ4n) is 1.59. The minimum Gasteiger partial charge on any atom is -0.299 e. The minimum atomic E-state index is -4.14. The van der Waals surface area contributed by atoms with E-state index in [1.54, 1.807) is 13.8 Å². The summed E-state index contributed by atoms with van der Waals surface area (Å²) in [6.07, 6.45) is -0.297. The van der Waals surface area contributed by atoms with Gasteiger partial charge in [0.15, 0.2) is 0 Å². The summed E-state index contributed by atoms with van der Waals surface area (Å²) in [6.45, 7) is 3.37. The molecular weight excluding hydrogens is 344 g/mol. The van der Waals surface area contributed by atoms with Crippen LogP contribution in [0.25, 0.3) is 0 Å². The van der Waals surface area contributed by atoms with E-state index in [1.807, 2.05) is 4.72 Å². The highest BCUT2D eigenvalue weighted by Crippen LogP contribution is 2.13. The summed E-state index contributed by atoms with van der Waals surface area (Å²) in [4.78, 5) is 22.5. The van der Waals surface area contributed by atoms with Crippen molar-refractivity contribution in [3.05, 3.63) is 24.3 Å². The van der Waals surface area contributed by atoms with Gasteiger partial charge in [-0.2, -0.15) is 0 Å². The lowest BCUT2D eigenvalue weighted by Gasteiger charge is -2.08. The summed E-state index contributed by atoms with van der Waals surface area (Å²) < 4.78 is 48.0. The SMILES string of the molecule is CC(C)C(=O)CCC(=O)NS(=O)(=O)c1ccc(S(N)(=O)=O)cc1. The Labute approximate surface area is 135 Å². The smallest absolute Gasteiger partial charge is 0.264 e. The molecule has 0 aliphatic heterocycles. The molecule has 3 N–H and O–H groups in total. The number of Topliss-reactive ketones (excluding diaryl/α,β-unsaturated/α-hetero) is 1. The van der Waals surface area contributed by atoms with Gasteiger partial charge >= 0.3 is 0 Å². The number of benzene rings is 1. The number of rotatable bonds is 7. The van der Waals surface area contributed by atoms with Crippen LogP contribution >= 0.6 is 0 Å². The van der Waals surface area contributed by atoms with Crippen molar-refractivity contribution >= 4 is 31.7 Å². The quantitative estimate of drug-likeness (QED) is 0.707. The maximum atomic E-state index is 12.0. The molecule has 0 atom stereocenters. The topological polar surface area (TPSA) is 140 Å². The van der Waals surface area contributed by atoms with Crippen LogP contribution < -0.4 is 9.86 Å². The number of nitrogens with one attached hydrogen (secondary N) is 1. The van der Waals surface area contributed by atoms with Crippen LogP contribution in [0.2, 0.25) is 0 Å². The van der Waals surface area contributed by atoms with Gasteiger partial charge in [0.2, 0.25) is 15.9 Å². The number of ketones is 1. The number of hydrogen-bond donors (Lipinski definition) is 2. The number of carbonyl (C=O) groups is 2. The average Bonchev–Trinajstić information content (AvgIpc) is 2.43. The Morgan fingerprint density at radius 1 is 1.00 bits per heavy atom. The first-order valence-corrected chi connectivity index (χ1v) is 9.67. The molecule has 0 aliphatic rings. The van der Waals surface area contributed by atoms with E-state index in [9.17, 15) is 26.4 Å². The Hall–Kier alpha value is -1.78. The zero-order valence-corrected chi connectivity index (χ0v) is 14.3.